The summed E-state index contributed by atoms with van der Waals surface area (Å²) in [6, 6.07) is 0. The Kier molecular flexibility index (Phi) is 3.92. The first-order chi connectivity index (χ1) is 6.12. The second-order valence-corrected chi connectivity index (χ2v) is 4.68. The van der Waals surface area contributed by atoms with Crippen molar-refractivity contribution in [1.82, 2.24) is 0 Å². The van der Waals surface area contributed by atoms with Crippen molar-refractivity contribution in [3.05, 3.63) is 0 Å². The van der Waals surface area contributed by atoms with Crippen LogP contribution in [-0.4, -0.2) is 32.8 Å². The van der Waals surface area contributed by atoms with Crippen LogP contribution < -0.4 is 0 Å². The molecule has 0 aromatic heterocycles. The summed E-state index contributed by atoms with van der Waals surface area (Å²) in [5.41, 5.74) is -5.32. The maximum atomic E-state index is 11.8. The molecular weight excluding hydrogens is 225 g/mol. The first kappa shape index (κ1) is 13.2. The molecule has 4 nitrogen and oxygen atoms in total. The van der Waals surface area contributed by atoms with E-state index in [0.717, 1.165) is 14.0 Å². The van der Waals surface area contributed by atoms with Crippen molar-refractivity contribution < 1.29 is 31.1 Å². The molecule has 0 aliphatic rings. The van der Waals surface area contributed by atoms with Crippen molar-refractivity contribution >= 4 is 15.8 Å². The molecule has 0 radical (unpaired) electrons. The first-order valence-corrected chi connectivity index (χ1v) is 5.14. The number of methoxy groups -OCH3 is 1. The van der Waals surface area contributed by atoms with Crippen LogP contribution in [0, 0.1) is 5.92 Å². The molecule has 14 heavy (non-hydrogen) atoms. The van der Waals surface area contributed by atoms with E-state index in [1.54, 1.807) is 0 Å². The second-order valence-electron chi connectivity index (χ2n) is 2.65. The topological polar surface area (TPSA) is 60.4 Å². The number of carbonyl (C=O) groups is 1. The minimum atomic E-state index is -5.32. The van der Waals surface area contributed by atoms with Crippen LogP contribution in [-0.2, 0) is 19.4 Å². The minimum Gasteiger partial charge on any atom is -0.469 e. The van der Waals surface area contributed by atoms with Gasteiger partial charge in [0.15, 0.2) is 0 Å². The molecular formula is C6H9F3O4S. The zero-order valence-corrected chi connectivity index (χ0v) is 8.28. The van der Waals surface area contributed by atoms with Crippen LogP contribution in [0.4, 0.5) is 13.2 Å². The molecule has 0 amide bonds. The van der Waals surface area contributed by atoms with Gasteiger partial charge in [0.1, 0.15) is 0 Å². The van der Waals surface area contributed by atoms with E-state index in [2.05, 4.69) is 4.74 Å². The van der Waals surface area contributed by atoms with Crippen LogP contribution >= 0.6 is 0 Å². The Morgan fingerprint density at radius 3 is 2.14 bits per heavy atom. The van der Waals surface area contributed by atoms with Gasteiger partial charge in [0, 0.05) is 0 Å². The number of rotatable bonds is 3. The van der Waals surface area contributed by atoms with Gasteiger partial charge in [-0.1, -0.05) is 6.92 Å². The SMILES string of the molecule is COC(=O)C(C)CS(=O)(=O)C(F)(F)F. The van der Waals surface area contributed by atoms with Crippen LogP contribution in [0.5, 0.6) is 0 Å². The molecule has 0 aliphatic heterocycles. The average molecular weight is 234 g/mol. The maximum absolute atomic E-state index is 11.8. The predicted octanol–water partition coefficient (Wildman–Crippen LogP) is 0.730. The lowest BCUT2D eigenvalue weighted by atomic mass is 10.2. The summed E-state index contributed by atoms with van der Waals surface area (Å²) in [6.07, 6.45) is 0. The van der Waals surface area contributed by atoms with Gasteiger partial charge in [-0.25, -0.2) is 8.42 Å². The van der Waals surface area contributed by atoms with Crippen LogP contribution in [0.3, 0.4) is 0 Å². The molecule has 0 saturated carbocycles. The van der Waals surface area contributed by atoms with Crippen LogP contribution in [0.2, 0.25) is 0 Å². The molecule has 84 valence electrons. The lowest BCUT2D eigenvalue weighted by molar-refractivity contribution is -0.144. The summed E-state index contributed by atoms with van der Waals surface area (Å²) < 4.78 is 60.7. The van der Waals surface area contributed by atoms with E-state index in [-0.39, 0.29) is 0 Å². The Bertz CT molecular complexity index is 306. The van der Waals surface area contributed by atoms with E-state index in [1.807, 2.05) is 0 Å². The summed E-state index contributed by atoms with van der Waals surface area (Å²) in [5.74, 6) is -3.60. The van der Waals surface area contributed by atoms with Crippen molar-refractivity contribution in [2.45, 2.75) is 12.4 Å². The molecule has 1 atom stereocenters. The normalized spacial score (nSPS) is 14.9. The summed E-state index contributed by atoms with van der Waals surface area (Å²) in [4.78, 5) is 10.7. The lowest BCUT2D eigenvalue weighted by Crippen LogP contribution is -2.32. The van der Waals surface area contributed by atoms with Crippen LogP contribution in [0.1, 0.15) is 6.92 Å². The van der Waals surface area contributed by atoms with E-state index in [4.69, 9.17) is 0 Å². The summed E-state index contributed by atoms with van der Waals surface area (Å²) in [5, 5.41) is 0. The number of hydrogen-bond acceptors (Lipinski definition) is 4. The van der Waals surface area contributed by atoms with Crippen LogP contribution in [0.25, 0.3) is 0 Å². The number of carbonyl (C=O) groups excluding carboxylic acids is 1. The number of hydrogen-bond donors (Lipinski definition) is 0. The molecule has 0 aliphatic carbocycles. The average Bonchev–Trinajstić information content (AvgIpc) is 2.00. The molecule has 0 saturated heterocycles. The van der Waals surface area contributed by atoms with E-state index in [9.17, 15) is 26.4 Å². The van der Waals surface area contributed by atoms with Gasteiger partial charge >= 0.3 is 11.5 Å². The summed E-state index contributed by atoms with van der Waals surface area (Å²) in [7, 11) is -4.28. The van der Waals surface area contributed by atoms with Crippen molar-refractivity contribution in [2.24, 2.45) is 5.92 Å². The van der Waals surface area contributed by atoms with Crippen molar-refractivity contribution in [1.29, 1.82) is 0 Å². The Balaban J connectivity index is 4.63. The number of ether oxygens (including phenoxy) is 1. The number of alkyl halides is 3. The Labute approximate surface area is 79.0 Å². The predicted molar refractivity (Wildman–Crippen MR) is 41.0 cm³/mol. The highest BCUT2D eigenvalue weighted by Gasteiger charge is 2.46. The second kappa shape index (κ2) is 4.16. The third-order valence-corrected chi connectivity index (χ3v) is 3.07. The molecule has 0 N–H and O–H groups in total. The lowest BCUT2D eigenvalue weighted by Gasteiger charge is -2.11. The van der Waals surface area contributed by atoms with Gasteiger partial charge in [-0.05, 0) is 0 Å². The smallest absolute Gasteiger partial charge is 0.469 e. The van der Waals surface area contributed by atoms with Crippen molar-refractivity contribution in [3.63, 3.8) is 0 Å². The molecule has 0 rings (SSSR count). The van der Waals surface area contributed by atoms with Crippen molar-refractivity contribution in [3.8, 4) is 0 Å². The molecule has 1 unspecified atom stereocenters. The molecule has 0 aromatic rings. The third kappa shape index (κ3) is 3.17. The molecule has 0 aromatic carbocycles. The molecule has 0 spiro atoms. The monoisotopic (exact) mass is 234 g/mol. The zero-order valence-electron chi connectivity index (χ0n) is 7.46. The number of sulfone groups is 1. The number of halogens is 3. The highest BCUT2D eigenvalue weighted by atomic mass is 32.2. The Morgan fingerprint density at radius 2 is 1.86 bits per heavy atom. The fourth-order valence-electron chi connectivity index (χ4n) is 0.693. The largest absolute Gasteiger partial charge is 0.497 e. The van der Waals surface area contributed by atoms with Crippen LogP contribution in [0.15, 0.2) is 0 Å². The van der Waals surface area contributed by atoms with Gasteiger partial charge in [0.05, 0.1) is 18.8 Å². The third-order valence-electron chi connectivity index (χ3n) is 1.43. The first-order valence-electron chi connectivity index (χ1n) is 3.48. The van der Waals surface area contributed by atoms with Gasteiger partial charge in [-0.2, -0.15) is 13.2 Å². The molecule has 0 bridgehead atoms. The van der Waals surface area contributed by atoms with Gasteiger partial charge in [-0.3, -0.25) is 4.79 Å². The van der Waals surface area contributed by atoms with Gasteiger partial charge in [0.25, 0.3) is 0 Å². The molecule has 8 heteroatoms. The Morgan fingerprint density at radius 1 is 1.43 bits per heavy atom. The quantitative estimate of drug-likeness (QED) is 0.675. The number of esters is 1. The zero-order chi connectivity index (χ0) is 11.6. The highest BCUT2D eigenvalue weighted by molar-refractivity contribution is 7.92. The molecule has 0 fully saturated rings. The van der Waals surface area contributed by atoms with E-state index < -0.39 is 33.0 Å². The minimum absolute atomic E-state index is 0.971. The van der Waals surface area contributed by atoms with E-state index >= 15 is 0 Å². The fourth-order valence-corrected chi connectivity index (χ4v) is 1.68. The Hall–Kier alpha value is -0.790. The fraction of sp³-hybridized carbons (Fsp3) is 0.833. The maximum Gasteiger partial charge on any atom is 0.497 e. The van der Waals surface area contributed by atoms with Gasteiger partial charge in [-0.15, -0.1) is 0 Å². The van der Waals surface area contributed by atoms with E-state index in [0.29, 0.717) is 0 Å². The van der Waals surface area contributed by atoms with E-state index in [1.165, 1.54) is 0 Å². The van der Waals surface area contributed by atoms with Crippen molar-refractivity contribution in [2.75, 3.05) is 12.9 Å². The summed E-state index contributed by atoms with van der Waals surface area (Å²) in [6.45, 7) is 1.05. The van der Waals surface area contributed by atoms with Gasteiger partial charge < -0.3 is 4.74 Å². The highest BCUT2D eigenvalue weighted by Crippen LogP contribution is 2.25. The summed E-state index contributed by atoms with van der Waals surface area (Å²) >= 11 is 0. The molecule has 0 heterocycles. The van der Waals surface area contributed by atoms with Gasteiger partial charge in [0.2, 0.25) is 9.84 Å². The standard InChI is InChI=1S/C6H9F3O4S/c1-4(5(10)13-2)3-14(11,12)6(7,8)9/h4H,3H2,1-2H3.